The number of aliphatic hydroxyl groups is 2. The van der Waals surface area contributed by atoms with Gasteiger partial charge in [-0.3, -0.25) is 0 Å². The van der Waals surface area contributed by atoms with Crippen LogP contribution in [0.5, 0.6) is 0 Å². The zero-order valence-corrected chi connectivity index (χ0v) is 15.8. The van der Waals surface area contributed by atoms with Crippen molar-refractivity contribution in [3.05, 3.63) is 0 Å². The van der Waals surface area contributed by atoms with Crippen molar-refractivity contribution in [2.75, 3.05) is 41.6 Å². The topological polar surface area (TPSA) is 155 Å². The fourth-order valence-corrected chi connectivity index (χ4v) is 5.18. The van der Waals surface area contributed by atoms with Crippen LogP contribution >= 0.6 is 19.6 Å². The molecule has 0 aliphatic carbocycles. The summed E-state index contributed by atoms with van der Waals surface area (Å²) < 4.78 is 16.8. The number of fused-ring (bicyclic) bond motifs is 2. The zero-order chi connectivity index (χ0) is 18.5. The molecule has 4 rings (SSSR count). The van der Waals surface area contributed by atoms with Crippen LogP contribution in [0, 0.1) is 0 Å². The van der Waals surface area contributed by atoms with E-state index in [1.807, 2.05) is 0 Å². The van der Waals surface area contributed by atoms with Gasteiger partial charge in [-0.1, -0.05) is 0 Å². The third-order valence-electron chi connectivity index (χ3n) is 4.40. The Bertz CT molecular complexity index is 704. The molecule has 3 aliphatic heterocycles. The average molecular weight is 405 g/mol. The van der Waals surface area contributed by atoms with Crippen LogP contribution in [-0.2, 0) is 13.8 Å². The molecule has 11 nitrogen and oxygen atoms in total. The van der Waals surface area contributed by atoms with Gasteiger partial charge in [0, 0.05) is 0 Å². The van der Waals surface area contributed by atoms with Crippen LogP contribution in [0.1, 0.15) is 0 Å². The number of ether oxygens (including phenoxy) is 1. The first-order valence-electron chi connectivity index (χ1n) is 8.19. The Labute approximate surface area is 155 Å². The van der Waals surface area contributed by atoms with Gasteiger partial charge in [-0.15, -0.1) is 0 Å². The number of thioether (sulfide) groups is 1. The monoisotopic (exact) mass is 405 g/mol. The molecule has 0 saturated carbocycles. The molecule has 2 saturated heterocycles. The fourth-order valence-electron chi connectivity index (χ4n) is 3.25. The van der Waals surface area contributed by atoms with E-state index in [2.05, 4.69) is 15.3 Å². The first-order chi connectivity index (χ1) is 12.4. The summed E-state index contributed by atoms with van der Waals surface area (Å²) in [5.74, 6) is 1.26. The Morgan fingerprint density at radius 1 is 1.46 bits per heavy atom. The molecule has 1 aromatic rings. The van der Waals surface area contributed by atoms with Crippen LogP contribution in [0.15, 0.2) is 5.16 Å². The van der Waals surface area contributed by atoms with Gasteiger partial charge in [0.1, 0.15) is 0 Å². The maximum atomic E-state index is 10.7. The molecule has 26 heavy (non-hydrogen) atoms. The number of anilines is 3. The molecule has 3 unspecified atom stereocenters. The molecule has 0 spiro atoms. The third kappa shape index (κ3) is 3.23. The van der Waals surface area contributed by atoms with Gasteiger partial charge in [-0.2, -0.15) is 0 Å². The van der Waals surface area contributed by atoms with Gasteiger partial charge in [-0.25, -0.2) is 0 Å². The number of rotatable bonds is 4. The van der Waals surface area contributed by atoms with Gasteiger partial charge in [0.05, 0.1) is 0 Å². The summed E-state index contributed by atoms with van der Waals surface area (Å²) in [5.41, 5.74) is 6.57. The van der Waals surface area contributed by atoms with E-state index in [-0.39, 0.29) is 19.0 Å². The van der Waals surface area contributed by atoms with Crippen LogP contribution in [0.4, 0.5) is 17.3 Å². The van der Waals surface area contributed by atoms with E-state index in [0.29, 0.717) is 29.1 Å². The first kappa shape index (κ1) is 18.4. The fraction of sp³-hybridized carbons (Fsp3) is 0.667. The summed E-state index contributed by atoms with van der Waals surface area (Å²) in [4.78, 5) is 20.5. The quantitative estimate of drug-likeness (QED) is 0.161. The van der Waals surface area contributed by atoms with Crippen molar-refractivity contribution in [3.8, 4) is 0 Å². The number of hydrogen-bond acceptors (Lipinski definition) is 12. The molecule has 0 radical (unpaired) electrons. The van der Waals surface area contributed by atoms with E-state index in [9.17, 15) is 10.00 Å². The molecule has 0 bridgehead atoms. The minimum atomic E-state index is -3.24. The Balaban J connectivity index is 1.58. The summed E-state index contributed by atoms with van der Waals surface area (Å²) in [7, 11) is -1.73. The molecule has 6 N–H and O–H groups in total. The molecule has 4 atom stereocenters. The van der Waals surface area contributed by atoms with Crippen molar-refractivity contribution in [2.45, 2.75) is 29.7 Å². The van der Waals surface area contributed by atoms with E-state index in [0.717, 1.165) is 0 Å². The molecule has 0 aromatic carbocycles. The number of aromatic nitrogens is 2. The number of nitrogens with one attached hydrogen (secondary N) is 1. The molecule has 4 heterocycles. The first-order valence-corrected chi connectivity index (χ1v) is 11.4. The second-order valence-corrected chi connectivity index (χ2v) is 9.70. The summed E-state index contributed by atoms with van der Waals surface area (Å²) in [5, 5.41) is 23.2. The Morgan fingerprint density at radius 3 is 3.04 bits per heavy atom. The van der Waals surface area contributed by atoms with E-state index >= 15 is 0 Å². The van der Waals surface area contributed by atoms with Crippen molar-refractivity contribution in [2.24, 2.45) is 0 Å². The van der Waals surface area contributed by atoms with Crippen molar-refractivity contribution in [3.63, 3.8) is 0 Å². The van der Waals surface area contributed by atoms with Crippen molar-refractivity contribution in [1.82, 2.24) is 9.97 Å². The van der Waals surface area contributed by atoms with Crippen LogP contribution in [0.2, 0.25) is 0 Å². The molecule has 14 heteroatoms. The summed E-state index contributed by atoms with van der Waals surface area (Å²) >= 11 is 1.28. The second-order valence-electron chi connectivity index (χ2n) is 6.31. The summed E-state index contributed by atoms with van der Waals surface area (Å²) in [6.07, 6.45) is -2.85. The van der Waals surface area contributed by atoms with E-state index in [1.54, 1.807) is 4.90 Å². The predicted molar refractivity (Wildman–Crippen MR) is 99.8 cm³/mol. The van der Waals surface area contributed by atoms with Gasteiger partial charge in [0.15, 0.2) is 0 Å². The molecular formula is C12H21BN5O6PS. The Hall–Kier alpha value is -0.915. The van der Waals surface area contributed by atoms with Crippen molar-refractivity contribution >= 4 is 44.5 Å². The molecule has 1 aromatic heterocycles. The summed E-state index contributed by atoms with van der Waals surface area (Å²) in [6.45, 7) is 0.495. The molecular weight excluding hydrogens is 384 g/mol. The van der Waals surface area contributed by atoms with E-state index in [4.69, 9.17) is 24.6 Å². The van der Waals surface area contributed by atoms with Crippen LogP contribution in [0.25, 0.3) is 0 Å². The summed E-state index contributed by atoms with van der Waals surface area (Å²) in [6, 6.07) is 0. The molecule has 2 fully saturated rings. The zero-order valence-electron chi connectivity index (χ0n) is 14.0. The van der Waals surface area contributed by atoms with Gasteiger partial charge < -0.3 is 0 Å². The second kappa shape index (κ2) is 6.91. The molecule has 144 valence electrons. The Kier molecular flexibility index (Phi) is 4.91. The average Bonchev–Trinajstić information content (AvgIpc) is 3.14. The number of nitrogens with two attached hydrogens (primary N) is 1. The molecule has 0 amide bonds. The van der Waals surface area contributed by atoms with Crippen LogP contribution in [0.3, 0.4) is 0 Å². The third-order valence-corrected chi connectivity index (χ3v) is 6.64. The number of nitrogen functional groups attached to an aromatic ring is 1. The molecule has 3 aliphatic rings. The number of hydrogen-bond donors (Lipinski definition) is 5. The van der Waals surface area contributed by atoms with Gasteiger partial charge in [0.2, 0.25) is 0 Å². The van der Waals surface area contributed by atoms with E-state index < -0.39 is 32.4 Å². The predicted octanol–water partition coefficient (Wildman–Crippen LogP) is -2.13. The number of aliphatic hydroxyl groups excluding tert-OH is 2. The van der Waals surface area contributed by atoms with Crippen molar-refractivity contribution < 1.29 is 28.9 Å². The van der Waals surface area contributed by atoms with Crippen LogP contribution < -0.4 is 16.0 Å². The van der Waals surface area contributed by atoms with Crippen molar-refractivity contribution in [1.29, 1.82) is 0 Å². The maximum absolute atomic E-state index is 10.7. The van der Waals surface area contributed by atoms with Gasteiger partial charge in [0.25, 0.3) is 0 Å². The standard InChI is InChI=1S/C12H21BN5O6PS/c13-25(21)22-3-5-8(24-25)7(20)11(23-5)18-4-15-6-9(14)16-12(17-10(6)18)26-2-1-19/h5,7-8,11,15,19-21,25H,1-4,13H2,(H2,14,16,17)/t5?,7?,8-,11?/m1/s1. The normalized spacial score (nSPS) is 33.4. The minimum absolute atomic E-state index is 0.00193. The Morgan fingerprint density at radius 2 is 2.27 bits per heavy atom. The van der Waals surface area contributed by atoms with Crippen LogP contribution in [-0.4, -0.2) is 82.8 Å². The SMILES string of the molecule is B[PH]1(O)OCC2OC(N3CNc4c(N)nc(SCCO)nc43)C(O)[C@@H]2O1. The number of nitrogens with zero attached hydrogens (tertiary/aromatic N) is 3. The van der Waals surface area contributed by atoms with Gasteiger partial charge >= 0.3 is 155 Å². The van der Waals surface area contributed by atoms with Gasteiger partial charge in [-0.05, 0) is 0 Å². The van der Waals surface area contributed by atoms with E-state index in [1.165, 1.54) is 19.3 Å².